The molecule has 0 spiro atoms. The zero-order valence-corrected chi connectivity index (χ0v) is 13.7. The first-order valence-electron chi connectivity index (χ1n) is 8.01. The fraction of sp³-hybridized carbons (Fsp3) is 0.294. The number of rotatable bonds is 2. The molecule has 0 radical (unpaired) electrons. The summed E-state index contributed by atoms with van der Waals surface area (Å²) in [5.74, 6) is 0.492. The van der Waals surface area contributed by atoms with Crippen LogP contribution < -0.4 is 4.73 Å². The van der Waals surface area contributed by atoms with Crippen LogP contribution in [0.15, 0.2) is 29.0 Å². The Bertz CT molecular complexity index is 1160. The van der Waals surface area contributed by atoms with Gasteiger partial charge >= 0.3 is 0 Å². The van der Waals surface area contributed by atoms with Crippen LogP contribution in [0.2, 0.25) is 0 Å². The number of imidazole rings is 1. The Hall–Kier alpha value is -3.03. The quantitative estimate of drug-likeness (QED) is 0.414. The number of fused-ring (bicyclic) bond motifs is 3. The molecule has 1 fully saturated rings. The maximum atomic E-state index is 13.5. The van der Waals surface area contributed by atoms with Crippen molar-refractivity contribution in [2.75, 3.05) is 0 Å². The third-order valence-electron chi connectivity index (χ3n) is 4.98. The van der Waals surface area contributed by atoms with Crippen LogP contribution in [-0.2, 0) is 5.41 Å². The number of hydrogen-bond donors (Lipinski definition) is 0. The normalized spacial score (nSPS) is 16.0. The molecule has 3 aromatic heterocycles. The first-order valence-corrected chi connectivity index (χ1v) is 8.01. The lowest BCUT2D eigenvalue weighted by Gasteiger charge is -2.08. The van der Waals surface area contributed by atoms with E-state index in [2.05, 4.69) is 22.0 Å². The van der Waals surface area contributed by atoms with Crippen LogP contribution in [0.3, 0.4) is 0 Å². The number of nitrogens with zero attached hydrogens (tertiary/aromatic N) is 5. The molecule has 0 bridgehead atoms. The van der Waals surface area contributed by atoms with Gasteiger partial charge in [0, 0.05) is 18.4 Å². The lowest BCUT2D eigenvalue weighted by molar-refractivity contribution is -0.583. The number of hydrogen-bond acceptors (Lipinski definition) is 5. The van der Waals surface area contributed by atoms with E-state index in [-0.39, 0.29) is 10.9 Å². The SMILES string of the molecule is Cc1c2c(-c3noc(C4(C)CC4)n3)ncn2c2ccc(F)cc2[n+]1[O-]. The molecule has 0 amide bonds. The van der Waals surface area contributed by atoms with E-state index in [1.807, 2.05) is 0 Å². The van der Waals surface area contributed by atoms with Gasteiger partial charge in [-0.25, -0.2) is 9.37 Å². The predicted molar refractivity (Wildman–Crippen MR) is 86.2 cm³/mol. The van der Waals surface area contributed by atoms with Crippen molar-refractivity contribution < 1.29 is 13.6 Å². The second-order valence-electron chi connectivity index (χ2n) is 6.81. The van der Waals surface area contributed by atoms with Crippen molar-refractivity contribution in [2.45, 2.75) is 32.1 Å². The maximum absolute atomic E-state index is 13.5. The summed E-state index contributed by atoms with van der Waals surface area (Å²) in [7, 11) is 0. The van der Waals surface area contributed by atoms with Gasteiger partial charge in [0.2, 0.25) is 22.9 Å². The summed E-state index contributed by atoms with van der Waals surface area (Å²) in [4.78, 5) is 8.86. The average Bonchev–Trinajstić information content (AvgIpc) is 3.04. The van der Waals surface area contributed by atoms with Crippen molar-refractivity contribution in [3.63, 3.8) is 0 Å². The zero-order valence-electron chi connectivity index (χ0n) is 13.7. The summed E-state index contributed by atoms with van der Waals surface area (Å²) in [5, 5.41) is 16.6. The maximum Gasteiger partial charge on any atom is 0.244 e. The third-order valence-corrected chi connectivity index (χ3v) is 4.98. The van der Waals surface area contributed by atoms with Gasteiger partial charge in [-0.15, -0.1) is 0 Å². The summed E-state index contributed by atoms with van der Waals surface area (Å²) in [6.45, 7) is 3.75. The van der Waals surface area contributed by atoms with E-state index in [1.54, 1.807) is 23.7 Å². The van der Waals surface area contributed by atoms with Gasteiger partial charge < -0.3 is 9.73 Å². The molecule has 1 aliphatic carbocycles. The summed E-state index contributed by atoms with van der Waals surface area (Å²) >= 11 is 0. The van der Waals surface area contributed by atoms with Crippen molar-refractivity contribution in [3.8, 4) is 11.5 Å². The highest BCUT2D eigenvalue weighted by molar-refractivity contribution is 5.82. The van der Waals surface area contributed by atoms with Gasteiger partial charge in [0.25, 0.3) is 0 Å². The van der Waals surface area contributed by atoms with Gasteiger partial charge in [0.1, 0.15) is 28.9 Å². The lowest BCUT2D eigenvalue weighted by Crippen LogP contribution is -2.32. The Morgan fingerprint density at radius 3 is 2.92 bits per heavy atom. The van der Waals surface area contributed by atoms with Crippen LogP contribution in [0.1, 0.15) is 31.4 Å². The van der Waals surface area contributed by atoms with Gasteiger partial charge in [-0.05, 0) is 25.0 Å². The molecule has 126 valence electrons. The highest BCUT2D eigenvalue weighted by Gasteiger charge is 2.44. The minimum atomic E-state index is -0.461. The fourth-order valence-electron chi connectivity index (χ4n) is 3.15. The van der Waals surface area contributed by atoms with Crippen molar-refractivity contribution in [3.05, 3.63) is 47.1 Å². The van der Waals surface area contributed by atoms with Crippen LogP contribution in [-0.4, -0.2) is 19.5 Å². The summed E-state index contributed by atoms with van der Waals surface area (Å²) in [6, 6.07) is 4.09. The molecular formula is C17H14FN5O2. The number of benzene rings is 1. The lowest BCUT2D eigenvalue weighted by atomic mass is 10.1. The molecule has 0 saturated heterocycles. The highest BCUT2D eigenvalue weighted by Crippen LogP contribution is 2.47. The van der Waals surface area contributed by atoms with E-state index in [0.29, 0.717) is 38.9 Å². The Morgan fingerprint density at radius 2 is 2.16 bits per heavy atom. The van der Waals surface area contributed by atoms with E-state index in [9.17, 15) is 9.60 Å². The standard InChI is InChI=1S/C17H14FN5O2/c1-9-14-13(15-20-16(25-21-15)17(2)5-6-17)19-8-22(14)11-4-3-10(18)7-12(11)23(9)24/h3-4,7-8H,5-6H2,1-2H3. The monoisotopic (exact) mass is 339 g/mol. The topological polar surface area (TPSA) is 83.2 Å². The third kappa shape index (κ3) is 1.90. The van der Waals surface area contributed by atoms with E-state index >= 15 is 0 Å². The molecule has 0 aliphatic heterocycles. The molecule has 0 unspecified atom stereocenters. The van der Waals surface area contributed by atoms with Crippen LogP contribution >= 0.6 is 0 Å². The van der Waals surface area contributed by atoms with Gasteiger partial charge in [-0.1, -0.05) is 12.1 Å². The number of aromatic nitrogens is 5. The first kappa shape index (κ1) is 14.3. The van der Waals surface area contributed by atoms with Gasteiger partial charge in [0.15, 0.2) is 0 Å². The van der Waals surface area contributed by atoms with Gasteiger partial charge in [0.05, 0.1) is 0 Å². The van der Waals surface area contributed by atoms with E-state index in [1.165, 1.54) is 12.1 Å². The molecule has 1 aliphatic rings. The minimum Gasteiger partial charge on any atom is -0.618 e. The fourth-order valence-corrected chi connectivity index (χ4v) is 3.15. The number of halogens is 1. The molecule has 3 heterocycles. The molecule has 0 N–H and O–H groups in total. The largest absolute Gasteiger partial charge is 0.618 e. The Labute approximate surface area is 141 Å². The van der Waals surface area contributed by atoms with Crippen molar-refractivity contribution >= 4 is 16.6 Å². The summed E-state index contributed by atoms with van der Waals surface area (Å²) in [5.41, 5.74) is 2.23. The Balaban J connectivity index is 1.79. The van der Waals surface area contributed by atoms with Crippen LogP contribution in [0.5, 0.6) is 0 Å². The molecule has 1 saturated carbocycles. The van der Waals surface area contributed by atoms with Crippen molar-refractivity contribution in [1.82, 2.24) is 19.5 Å². The van der Waals surface area contributed by atoms with Crippen LogP contribution in [0, 0.1) is 17.9 Å². The second kappa shape index (κ2) is 4.53. The molecule has 1 aromatic carbocycles. The molecule has 0 atom stereocenters. The molecule has 8 heteroatoms. The van der Waals surface area contributed by atoms with E-state index < -0.39 is 5.82 Å². The van der Waals surface area contributed by atoms with E-state index in [4.69, 9.17) is 4.52 Å². The highest BCUT2D eigenvalue weighted by atomic mass is 19.1. The summed E-state index contributed by atoms with van der Waals surface area (Å²) < 4.78 is 21.4. The predicted octanol–water partition coefficient (Wildman–Crippen LogP) is 2.67. The molecule has 5 rings (SSSR count). The average molecular weight is 339 g/mol. The zero-order chi connectivity index (χ0) is 17.3. The molecule has 25 heavy (non-hydrogen) atoms. The summed E-state index contributed by atoms with van der Waals surface area (Å²) in [6.07, 6.45) is 3.63. The van der Waals surface area contributed by atoms with Gasteiger partial charge in [-0.3, -0.25) is 4.40 Å². The first-order chi connectivity index (χ1) is 12.0. The van der Waals surface area contributed by atoms with Gasteiger partial charge in [-0.2, -0.15) is 9.71 Å². The van der Waals surface area contributed by atoms with Crippen LogP contribution in [0.4, 0.5) is 4.39 Å². The number of aryl methyl sites for hydroxylation is 1. The second-order valence-corrected chi connectivity index (χ2v) is 6.81. The Kier molecular flexibility index (Phi) is 2.60. The van der Waals surface area contributed by atoms with Crippen molar-refractivity contribution in [1.29, 1.82) is 0 Å². The molecular weight excluding hydrogens is 325 g/mol. The Morgan fingerprint density at radius 1 is 1.36 bits per heavy atom. The molecule has 4 aromatic rings. The van der Waals surface area contributed by atoms with E-state index in [0.717, 1.165) is 12.8 Å². The minimum absolute atomic E-state index is 0.0432. The smallest absolute Gasteiger partial charge is 0.244 e. The van der Waals surface area contributed by atoms with Crippen LogP contribution in [0.25, 0.3) is 28.1 Å². The van der Waals surface area contributed by atoms with Crippen molar-refractivity contribution in [2.24, 2.45) is 0 Å². The molecule has 7 nitrogen and oxygen atoms in total.